The van der Waals surface area contributed by atoms with E-state index in [1.54, 1.807) is 13.4 Å². The Morgan fingerprint density at radius 1 is 1.18 bits per heavy atom. The van der Waals surface area contributed by atoms with E-state index >= 15 is 0 Å². The van der Waals surface area contributed by atoms with Gasteiger partial charge in [-0.15, -0.1) is 0 Å². The quantitative estimate of drug-likeness (QED) is 0.720. The first-order chi connectivity index (χ1) is 13.6. The van der Waals surface area contributed by atoms with Crippen LogP contribution >= 0.6 is 0 Å². The van der Waals surface area contributed by atoms with Gasteiger partial charge in [0.05, 0.1) is 23.8 Å². The third-order valence-electron chi connectivity index (χ3n) is 5.83. The predicted octanol–water partition coefficient (Wildman–Crippen LogP) is 4.65. The molecule has 1 saturated carbocycles. The summed E-state index contributed by atoms with van der Waals surface area (Å²) in [6.45, 7) is 4.28. The molecular weight excluding hydrogens is 350 g/mol. The predicted molar refractivity (Wildman–Crippen MR) is 111 cm³/mol. The van der Waals surface area contributed by atoms with E-state index in [-0.39, 0.29) is 11.9 Å². The summed E-state index contributed by atoms with van der Waals surface area (Å²) in [5.74, 6) is 1.32. The molecule has 1 aromatic heterocycles. The molecule has 3 aromatic rings. The lowest BCUT2D eigenvalue weighted by molar-refractivity contribution is 0.0910. The summed E-state index contributed by atoms with van der Waals surface area (Å²) in [6.07, 6.45) is 6.49. The number of methoxy groups -OCH3 is 1. The number of amides is 1. The van der Waals surface area contributed by atoms with Crippen molar-refractivity contribution in [2.45, 2.75) is 45.6 Å². The van der Waals surface area contributed by atoms with E-state index in [0.29, 0.717) is 11.5 Å². The second-order valence-electron chi connectivity index (χ2n) is 7.84. The lowest BCUT2D eigenvalue weighted by Crippen LogP contribution is -2.41. The van der Waals surface area contributed by atoms with Crippen LogP contribution in [0.1, 0.15) is 48.5 Å². The molecule has 1 amide bonds. The number of ether oxygens (including phenoxy) is 1. The Bertz CT molecular complexity index is 1010. The molecule has 146 valence electrons. The Morgan fingerprint density at radius 2 is 2.00 bits per heavy atom. The highest BCUT2D eigenvalue weighted by molar-refractivity contribution is 5.97. The van der Waals surface area contributed by atoms with Crippen LogP contribution in [0.2, 0.25) is 0 Å². The van der Waals surface area contributed by atoms with Crippen molar-refractivity contribution >= 4 is 16.9 Å². The maximum absolute atomic E-state index is 12.8. The SMILES string of the molecule is COc1ccc(C)cc1-n1cnc2cc(C(=O)N[C@H]3CCCC[C@H]3C)ccc21. The number of aromatic nitrogens is 2. The lowest BCUT2D eigenvalue weighted by Gasteiger charge is -2.29. The molecule has 2 aromatic carbocycles. The Balaban J connectivity index is 1.63. The number of hydrogen-bond acceptors (Lipinski definition) is 3. The number of nitrogens with zero attached hydrogens (tertiary/aromatic N) is 2. The summed E-state index contributed by atoms with van der Waals surface area (Å²) in [5.41, 5.74) is 4.50. The van der Waals surface area contributed by atoms with Crippen LogP contribution in [-0.4, -0.2) is 28.6 Å². The van der Waals surface area contributed by atoms with Crippen molar-refractivity contribution in [1.82, 2.24) is 14.9 Å². The number of hydrogen-bond donors (Lipinski definition) is 1. The molecule has 1 aliphatic carbocycles. The van der Waals surface area contributed by atoms with Gasteiger partial charge in [0, 0.05) is 11.6 Å². The molecule has 1 aliphatic rings. The zero-order valence-corrected chi connectivity index (χ0v) is 16.7. The average Bonchev–Trinajstić information content (AvgIpc) is 3.12. The zero-order valence-electron chi connectivity index (χ0n) is 16.7. The maximum Gasteiger partial charge on any atom is 0.251 e. The first-order valence-corrected chi connectivity index (χ1v) is 10.00. The first-order valence-electron chi connectivity index (χ1n) is 10.00. The number of carbonyl (C=O) groups is 1. The number of carbonyl (C=O) groups excluding carboxylic acids is 1. The van der Waals surface area contributed by atoms with Crippen molar-refractivity contribution in [2.75, 3.05) is 7.11 Å². The van der Waals surface area contributed by atoms with Crippen molar-refractivity contribution in [2.24, 2.45) is 5.92 Å². The summed E-state index contributed by atoms with van der Waals surface area (Å²) < 4.78 is 7.52. The number of benzene rings is 2. The molecule has 1 fully saturated rings. The van der Waals surface area contributed by atoms with Crippen molar-refractivity contribution < 1.29 is 9.53 Å². The van der Waals surface area contributed by atoms with Gasteiger partial charge in [0.15, 0.2) is 0 Å². The molecule has 0 bridgehead atoms. The molecule has 0 aliphatic heterocycles. The van der Waals surface area contributed by atoms with Crippen molar-refractivity contribution in [1.29, 1.82) is 0 Å². The van der Waals surface area contributed by atoms with Gasteiger partial charge in [-0.2, -0.15) is 0 Å². The van der Waals surface area contributed by atoms with Crippen LogP contribution in [0, 0.1) is 12.8 Å². The summed E-state index contributed by atoms with van der Waals surface area (Å²) in [4.78, 5) is 17.3. The van der Waals surface area contributed by atoms with Gasteiger partial charge in [-0.3, -0.25) is 9.36 Å². The number of aryl methyl sites for hydroxylation is 1. The number of fused-ring (bicyclic) bond motifs is 1. The van der Waals surface area contributed by atoms with E-state index in [9.17, 15) is 4.79 Å². The second-order valence-corrected chi connectivity index (χ2v) is 7.84. The van der Waals surface area contributed by atoms with E-state index in [0.717, 1.165) is 34.5 Å². The van der Waals surface area contributed by atoms with Crippen LogP contribution in [-0.2, 0) is 0 Å². The molecule has 28 heavy (non-hydrogen) atoms. The summed E-state index contributed by atoms with van der Waals surface area (Å²) in [5, 5.41) is 3.22. The normalized spacial score (nSPS) is 19.5. The van der Waals surface area contributed by atoms with Crippen LogP contribution in [0.4, 0.5) is 0 Å². The molecule has 2 atom stereocenters. The molecule has 0 radical (unpaired) electrons. The van der Waals surface area contributed by atoms with Crippen molar-refractivity contribution in [3.63, 3.8) is 0 Å². The molecule has 5 heteroatoms. The molecule has 1 heterocycles. The third-order valence-corrected chi connectivity index (χ3v) is 5.83. The van der Waals surface area contributed by atoms with E-state index in [2.05, 4.69) is 30.2 Å². The fraction of sp³-hybridized carbons (Fsp3) is 0.391. The molecule has 0 spiro atoms. The van der Waals surface area contributed by atoms with Crippen LogP contribution in [0.25, 0.3) is 16.7 Å². The van der Waals surface area contributed by atoms with Crippen LogP contribution < -0.4 is 10.1 Å². The minimum absolute atomic E-state index is 0.0108. The van der Waals surface area contributed by atoms with Crippen molar-refractivity contribution in [3.05, 3.63) is 53.9 Å². The van der Waals surface area contributed by atoms with Gasteiger partial charge in [-0.05, 0) is 61.6 Å². The second kappa shape index (κ2) is 7.66. The first kappa shape index (κ1) is 18.5. The fourth-order valence-corrected chi connectivity index (χ4v) is 4.12. The molecule has 5 nitrogen and oxygen atoms in total. The van der Waals surface area contributed by atoms with E-state index in [1.807, 2.05) is 34.9 Å². The number of rotatable bonds is 4. The molecule has 4 rings (SSSR count). The minimum atomic E-state index is -0.0108. The number of imidazole rings is 1. The van der Waals surface area contributed by atoms with Crippen LogP contribution in [0.5, 0.6) is 5.75 Å². The van der Waals surface area contributed by atoms with Gasteiger partial charge in [0.25, 0.3) is 5.91 Å². The Labute approximate surface area is 165 Å². The smallest absolute Gasteiger partial charge is 0.251 e. The summed E-state index contributed by atoms with van der Waals surface area (Å²) >= 11 is 0. The van der Waals surface area contributed by atoms with Gasteiger partial charge in [0.1, 0.15) is 12.1 Å². The Morgan fingerprint density at radius 3 is 2.79 bits per heavy atom. The largest absolute Gasteiger partial charge is 0.495 e. The summed E-state index contributed by atoms with van der Waals surface area (Å²) in [7, 11) is 1.67. The highest BCUT2D eigenvalue weighted by Crippen LogP contribution is 2.28. The summed E-state index contributed by atoms with van der Waals surface area (Å²) in [6, 6.07) is 12.0. The lowest BCUT2D eigenvalue weighted by atomic mass is 9.86. The zero-order chi connectivity index (χ0) is 19.7. The van der Waals surface area contributed by atoms with Gasteiger partial charge in [-0.1, -0.05) is 25.8 Å². The van der Waals surface area contributed by atoms with Crippen molar-refractivity contribution in [3.8, 4) is 11.4 Å². The molecule has 0 saturated heterocycles. The Kier molecular flexibility index (Phi) is 5.07. The van der Waals surface area contributed by atoms with Crippen LogP contribution in [0.15, 0.2) is 42.7 Å². The van der Waals surface area contributed by atoms with Gasteiger partial charge >= 0.3 is 0 Å². The Hall–Kier alpha value is -2.82. The van der Waals surface area contributed by atoms with Gasteiger partial charge in [0.2, 0.25) is 0 Å². The molecule has 1 N–H and O–H groups in total. The topological polar surface area (TPSA) is 56.2 Å². The molecular formula is C23H27N3O2. The fourth-order valence-electron chi connectivity index (χ4n) is 4.12. The third kappa shape index (κ3) is 3.49. The maximum atomic E-state index is 12.8. The van der Waals surface area contributed by atoms with Gasteiger partial charge in [-0.25, -0.2) is 4.98 Å². The highest BCUT2D eigenvalue weighted by atomic mass is 16.5. The molecule has 0 unspecified atom stereocenters. The van der Waals surface area contributed by atoms with Gasteiger partial charge < -0.3 is 10.1 Å². The van der Waals surface area contributed by atoms with E-state index in [4.69, 9.17) is 4.74 Å². The minimum Gasteiger partial charge on any atom is -0.495 e. The number of nitrogens with one attached hydrogen (secondary N) is 1. The highest BCUT2D eigenvalue weighted by Gasteiger charge is 2.23. The van der Waals surface area contributed by atoms with E-state index < -0.39 is 0 Å². The monoisotopic (exact) mass is 377 g/mol. The van der Waals surface area contributed by atoms with Crippen LogP contribution in [0.3, 0.4) is 0 Å². The standard InChI is InChI=1S/C23H27N3O2/c1-15-8-11-22(28-3)21(12-15)26-14-24-19-13-17(9-10-20(19)26)23(27)25-18-7-5-4-6-16(18)2/h8-14,16,18H,4-7H2,1-3H3,(H,25,27)/t16-,18+/m1/s1. The average molecular weight is 377 g/mol. The van der Waals surface area contributed by atoms with E-state index in [1.165, 1.54) is 19.3 Å².